The average molecular weight is 194 g/mol. The molecule has 5 heteroatoms. The highest BCUT2D eigenvalue weighted by molar-refractivity contribution is 7.89. The number of hydrogen-bond acceptors (Lipinski definition) is 3. The summed E-state index contributed by atoms with van der Waals surface area (Å²) in [6.45, 7) is 4.49. The highest BCUT2D eigenvalue weighted by Gasteiger charge is 2.12. The van der Waals surface area contributed by atoms with Gasteiger partial charge in [0, 0.05) is 26.7 Å². The Bertz CT molecular complexity index is 209. The lowest BCUT2D eigenvalue weighted by Crippen LogP contribution is -2.33. The van der Waals surface area contributed by atoms with Gasteiger partial charge >= 0.3 is 0 Å². The second-order valence-corrected chi connectivity index (χ2v) is 5.51. The number of nitrogens with zero attached hydrogens (tertiary/aromatic N) is 1. The first kappa shape index (κ1) is 11.9. The average Bonchev–Trinajstić information content (AvgIpc) is 1.85. The summed E-state index contributed by atoms with van der Waals surface area (Å²) in [5, 5.41) is 3.05. The van der Waals surface area contributed by atoms with E-state index in [1.54, 1.807) is 14.1 Å². The van der Waals surface area contributed by atoms with Gasteiger partial charge in [-0.15, -0.1) is 0 Å². The largest absolute Gasteiger partial charge is 0.313 e. The van der Waals surface area contributed by atoms with Gasteiger partial charge in [0.05, 0.1) is 5.75 Å². The van der Waals surface area contributed by atoms with Gasteiger partial charge in [-0.1, -0.05) is 13.8 Å². The molecule has 0 aromatic rings. The first-order chi connectivity index (χ1) is 5.36. The van der Waals surface area contributed by atoms with Crippen molar-refractivity contribution in [2.45, 2.75) is 19.9 Å². The summed E-state index contributed by atoms with van der Waals surface area (Å²) in [7, 11) is 0.0696. The normalized spacial score (nSPS) is 12.8. The predicted octanol–water partition coefficient (Wildman–Crippen LogP) is -0.124. The van der Waals surface area contributed by atoms with Crippen LogP contribution in [0.25, 0.3) is 0 Å². The van der Waals surface area contributed by atoms with Crippen LogP contribution in [-0.2, 0) is 10.0 Å². The van der Waals surface area contributed by atoms with Gasteiger partial charge in [-0.25, -0.2) is 12.7 Å². The molecule has 0 aliphatic carbocycles. The van der Waals surface area contributed by atoms with Crippen molar-refractivity contribution >= 4 is 10.0 Å². The summed E-state index contributed by atoms with van der Waals surface area (Å²) in [6.07, 6.45) is 0. The Kier molecular flexibility index (Phi) is 4.74. The van der Waals surface area contributed by atoms with Crippen molar-refractivity contribution in [3.63, 3.8) is 0 Å². The molecule has 0 amide bonds. The number of hydrogen-bond donors (Lipinski definition) is 1. The predicted molar refractivity (Wildman–Crippen MR) is 50.6 cm³/mol. The SMILES string of the molecule is CC(C)NCCS(=O)(=O)N(C)C. The third-order valence-corrected chi connectivity index (χ3v) is 3.30. The first-order valence-corrected chi connectivity index (χ1v) is 5.61. The van der Waals surface area contributed by atoms with Gasteiger partial charge in [0.15, 0.2) is 0 Å². The molecule has 0 radical (unpaired) electrons. The molecule has 1 N–H and O–H groups in total. The van der Waals surface area contributed by atoms with Crippen LogP contribution in [0.4, 0.5) is 0 Å². The Morgan fingerprint density at radius 1 is 1.33 bits per heavy atom. The second-order valence-electron chi connectivity index (χ2n) is 3.21. The van der Waals surface area contributed by atoms with Crippen LogP contribution in [0.3, 0.4) is 0 Å². The second kappa shape index (κ2) is 4.79. The maximum atomic E-state index is 11.2. The van der Waals surface area contributed by atoms with Gasteiger partial charge in [0.25, 0.3) is 0 Å². The van der Waals surface area contributed by atoms with E-state index in [2.05, 4.69) is 5.32 Å². The van der Waals surface area contributed by atoms with Crippen molar-refractivity contribution in [3.05, 3.63) is 0 Å². The van der Waals surface area contributed by atoms with Crippen LogP contribution in [0.15, 0.2) is 0 Å². The molecule has 0 saturated heterocycles. The number of nitrogens with one attached hydrogen (secondary N) is 1. The first-order valence-electron chi connectivity index (χ1n) is 4.00. The molecule has 0 bridgehead atoms. The third-order valence-electron chi connectivity index (χ3n) is 1.47. The van der Waals surface area contributed by atoms with Crippen molar-refractivity contribution in [1.29, 1.82) is 0 Å². The van der Waals surface area contributed by atoms with E-state index in [1.165, 1.54) is 4.31 Å². The molecule has 0 aromatic heterocycles. The zero-order valence-corrected chi connectivity index (χ0v) is 8.98. The smallest absolute Gasteiger partial charge is 0.214 e. The quantitative estimate of drug-likeness (QED) is 0.663. The molecule has 0 aliphatic rings. The summed E-state index contributed by atoms with van der Waals surface area (Å²) in [5.41, 5.74) is 0. The van der Waals surface area contributed by atoms with Crippen LogP contribution in [0.1, 0.15) is 13.8 Å². The Morgan fingerprint density at radius 3 is 2.17 bits per heavy atom. The van der Waals surface area contributed by atoms with E-state index in [0.717, 1.165) is 0 Å². The zero-order valence-electron chi connectivity index (χ0n) is 8.16. The Balaban J connectivity index is 3.79. The van der Waals surface area contributed by atoms with Crippen molar-refractivity contribution < 1.29 is 8.42 Å². The van der Waals surface area contributed by atoms with E-state index in [4.69, 9.17) is 0 Å². The summed E-state index contributed by atoms with van der Waals surface area (Å²) in [5.74, 6) is 0.165. The Morgan fingerprint density at radius 2 is 1.83 bits per heavy atom. The maximum absolute atomic E-state index is 11.2. The van der Waals surface area contributed by atoms with Crippen LogP contribution in [0.2, 0.25) is 0 Å². The van der Waals surface area contributed by atoms with E-state index in [9.17, 15) is 8.42 Å². The maximum Gasteiger partial charge on any atom is 0.214 e. The lowest BCUT2D eigenvalue weighted by molar-refractivity contribution is 0.514. The fourth-order valence-electron chi connectivity index (χ4n) is 0.659. The number of sulfonamides is 1. The zero-order chi connectivity index (χ0) is 9.78. The van der Waals surface area contributed by atoms with Gasteiger partial charge < -0.3 is 5.32 Å². The number of rotatable bonds is 5. The van der Waals surface area contributed by atoms with Crippen LogP contribution in [0, 0.1) is 0 Å². The molecule has 0 saturated carbocycles. The molecule has 0 aliphatic heterocycles. The molecular formula is C7H18N2O2S. The van der Waals surface area contributed by atoms with Crippen LogP contribution >= 0.6 is 0 Å². The highest BCUT2D eigenvalue weighted by atomic mass is 32.2. The topological polar surface area (TPSA) is 49.4 Å². The van der Waals surface area contributed by atoms with Crippen molar-refractivity contribution in [3.8, 4) is 0 Å². The minimum Gasteiger partial charge on any atom is -0.313 e. The van der Waals surface area contributed by atoms with Gasteiger partial charge in [-0.2, -0.15) is 0 Å². The molecule has 0 rings (SSSR count). The van der Waals surface area contributed by atoms with E-state index < -0.39 is 10.0 Å². The highest BCUT2D eigenvalue weighted by Crippen LogP contribution is 1.92. The molecule has 0 spiro atoms. The molecule has 12 heavy (non-hydrogen) atoms. The molecule has 0 unspecified atom stereocenters. The summed E-state index contributed by atoms with van der Waals surface area (Å²) < 4.78 is 23.6. The van der Waals surface area contributed by atoms with Gasteiger partial charge in [-0.3, -0.25) is 0 Å². The van der Waals surface area contributed by atoms with E-state index in [1.807, 2.05) is 13.8 Å². The molecule has 74 valence electrons. The lowest BCUT2D eigenvalue weighted by atomic mass is 10.4. The lowest BCUT2D eigenvalue weighted by Gasteiger charge is -2.12. The molecule has 0 aromatic carbocycles. The summed E-state index contributed by atoms with van der Waals surface area (Å²) in [4.78, 5) is 0. The molecule has 4 nitrogen and oxygen atoms in total. The third kappa shape index (κ3) is 4.69. The van der Waals surface area contributed by atoms with Gasteiger partial charge in [0.2, 0.25) is 10.0 Å². The Hall–Kier alpha value is -0.130. The van der Waals surface area contributed by atoms with E-state index >= 15 is 0 Å². The van der Waals surface area contributed by atoms with Gasteiger partial charge in [-0.05, 0) is 0 Å². The summed E-state index contributed by atoms with van der Waals surface area (Å²) >= 11 is 0. The molecule has 0 atom stereocenters. The fourth-order valence-corrected chi connectivity index (χ4v) is 1.40. The van der Waals surface area contributed by atoms with Crippen molar-refractivity contribution in [2.24, 2.45) is 0 Å². The van der Waals surface area contributed by atoms with Crippen LogP contribution in [-0.4, -0.2) is 45.2 Å². The van der Waals surface area contributed by atoms with Crippen LogP contribution in [0.5, 0.6) is 0 Å². The fraction of sp³-hybridized carbons (Fsp3) is 1.00. The Labute approximate surface area is 75.0 Å². The van der Waals surface area contributed by atoms with Crippen LogP contribution < -0.4 is 5.32 Å². The van der Waals surface area contributed by atoms with Gasteiger partial charge in [0.1, 0.15) is 0 Å². The minimum absolute atomic E-state index is 0.165. The molecular weight excluding hydrogens is 176 g/mol. The monoisotopic (exact) mass is 194 g/mol. The van der Waals surface area contributed by atoms with E-state index in [-0.39, 0.29) is 5.75 Å². The van der Waals surface area contributed by atoms with Crippen molar-refractivity contribution in [2.75, 3.05) is 26.4 Å². The molecule has 0 fully saturated rings. The minimum atomic E-state index is -3.02. The van der Waals surface area contributed by atoms with Crippen molar-refractivity contribution in [1.82, 2.24) is 9.62 Å². The van der Waals surface area contributed by atoms with E-state index in [0.29, 0.717) is 12.6 Å². The molecule has 0 heterocycles. The standard InChI is InChI=1S/C7H18N2O2S/c1-7(2)8-5-6-12(10,11)9(3)4/h7-8H,5-6H2,1-4H3. The summed E-state index contributed by atoms with van der Waals surface area (Å²) in [6, 6.07) is 0.336.